The lowest BCUT2D eigenvalue weighted by Crippen LogP contribution is -2.59. The van der Waals surface area contributed by atoms with Crippen LogP contribution in [0, 0.1) is 0 Å². The van der Waals surface area contributed by atoms with Gasteiger partial charge >= 0.3 is 6.09 Å². The molecular weight excluding hydrogens is 719 g/mol. The average Bonchev–Trinajstić information content (AvgIpc) is 3.17. The fraction of sp³-hybridized carbons (Fsp3) is 0.359. The van der Waals surface area contributed by atoms with E-state index in [1.165, 1.54) is 0 Å². The molecule has 2 saturated heterocycles. The Morgan fingerprint density at radius 1 is 0.698 bits per heavy atom. The second-order valence-corrected chi connectivity index (χ2v) is 13.2. The van der Waals surface area contributed by atoms with E-state index >= 15 is 0 Å². The number of hydrogen-bond acceptors (Lipinski definition) is 9. The van der Waals surface area contributed by atoms with Gasteiger partial charge in [-0.25, -0.2) is 4.79 Å². The van der Waals surface area contributed by atoms with Gasteiger partial charge in [0.1, 0.15) is 30.3 Å². The maximum Gasteiger partial charge on any atom is 0.410 e. The van der Waals surface area contributed by atoms with E-state index in [2.05, 4.69) is 15.3 Å². The van der Waals surface area contributed by atoms with Gasteiger partial charge in [-0.2, -0.15) is 0 Å². The highest BCUT2D eigenvalue weighted by molar-refractivity contribution is 5.95. The SMILES string of the molecule is CC(C)(C)OC(=O)N1CCN(C(=O)c2ccccc2)C(COc2cccnc2)C1.Cl.Cl.O=C(c1ccccc1)N1CCNCC1COc1cccnc1. The molecule has 1 N–H and O–H groups in total. The lowest BCUT2D eigenvalue weighted by Gasteiger charge is -2.41. The monoisotopic (exact) mass is 766 g/mol. The molecular formula is C39H48Cl2N6O6. The Hall–Kier alpha value is -4.91. The Kier molecular flexibility index (Phi) is 16.8. The highest BCUT2D eigenvalue weighted by Gasteiger charge is 2.35. The van der Waals surface area contributed by atoms with Gasteiger partial charge in [-0.15, -0.1) is 24.8 Å². The molecule has 14 heteroatoms. The van der Waals surface area contributed by atoms with Crippen molar-refractivity contribution >= 4 is 42.7 Å². The van der Waals surface area contributed by atoms with Crippen molar-refractivity contribution in [3.05, 3.63) is 121 Å². The summed E-state index contributed by atoms with van der Waals surface area (Å²) in [5, 5.41) is 3.32. The molecule has 4 heterocycles. The molecule has 2 aliphatic heterocycles. The minimum absolute atomic E-state index is 0. The first kappa shape index (κ1) is 42.5. The van der Waals surface area contributed by atoms with Gasteiger partial charge in [0.15, 0.2) is 0 Å². The minimum Gasteiger partial charge on any atom is -0.490 e. The molecule has 3 amide bonds. The van der Waals surface area contributed by atoms with Crippen LogP contribution in [0.4, 0.5) is 4.79 Å². The summed E-state index contributed by atoms with van der Waals surface area (Å²) < 4.78 is 17.1. The highest BCUT2D eigenvalue weighted by atomic mass is 35.5. The van der Waals surface area contributed by atoms with E-state index in [1.54, 1.807) is 52.8 Å². The zero-order valence-corrected chi connectivity index (χ0v) is 31.8. The number of benzene rings is 2. The van der Waals surface area contributed by atoms with Crippen molar-refractivity contribution < 1.29 is 28.6 Å². The van der Waals surface area contributed by atoms with Gasteiger partial charge in [-0.1, -0.05) is 36.4 Å². The number of rotatable bonds is 8. The summed E-state index contributed by atoms with van der Waals surface area (Å²) in [5.74, 6) is 1.32. The van der Waals surface area contributed by atoms with E-state index in [0.717, 1.165) is 24.4 Å². The van der Waals surface area contributed by atoms with Crippen LogP contribution in [0.15, 0.2) is 110 Å². The van der Waals surface area contributed by atoms with E-state index in [0.29, 0.717) is 44.1 Å². The number of carbonyl (C=O) groups is 3. The van der Waals surface area contributed by atoms with Crippen molar-refractivity contribution in [1.82, 2.24) is 30.0 Å². The normalized spacial score (nSPS) is 16.8. The van der Waals surface area contributed by atoms with Gasteiger partial charge in [0, 0.05) is 62.8 Å². The van der Waals surface area contributed by atoms with E-state index in [9.17, 15) is 14.4 Å². The molecule has 4 aromatic rings. The van der Waals surface area contributed by atoms with E-state index in [-0.39, 0.29) is 61.4 Å². The van der Waals surface area contributed by atoms with E-state index in [1.807, 2.05) is 92.4 Å². The number of carbonyl (C=O) groups excluding carboxylic acids is 3. The van der Waals surface area contributed by atoms with Gasteiger partial charge in [-0.3, -0.25) is 19.6 Å². The summed E-state index contributed by atoms with van der Waals surface area (Å²) in [7, 11) is 0. The molecule has 0 radical (unpaired) electrons. The Morgan fingerprint density at radius 2 is 1.21 bits per heavy atom. The van der Waals surface area contributed by atoms with Crippen molar-refractivity contribution in [3.63, 3.8) is 0 Å². The van der Waals surface area contributed by atoms with Crippen LogP contribution in [0.25, 0.3) is 0 Å². The molecule has 2 aliphatic rings. The zero-order valence-electron chi connectivity index (χ0n) is 30.2. The van der Waals surface area contributed by atoms with Crippen LogP contribution in [0.3, 0.4) is 0 Å². The third kappa shape index (κ3) is 12.9. The van der Waals surface area contributed by atoms with E-state index < -0.39 is 5.60 Å². The number of hydrogen-bond donors (Lipinski definition) is 1. The average molecular weight is 768 g/mol. The Labute approximate surface area is 323 Å². The fourth-order valence-corrected chi connectivity index (χ4v) is 5.68. The number of ether oxygens (including phenoxy) is 3. The lowest BCUT2D eigenvalue weighted by molar-refractivity contribution is -0.000951. The van der Waals surface area contributed by atoms with Crippen LogP contribution < -0.4 is 14.8 Å². The topological polar surface area (TPSA) is 126 Å². The molecule has 0 saturated carbocycles. The maximum absolute atomic E-state index is 13.1. The lowest BCUT2D eigenvalue weighted by atomic mass is 10.1. The van der Waals surface area contributed by atoms with Gasteiger partial charge in [0.25, 0.3) is 11.8 Å². The Bertz CT molecular complexity index is 1690. The largest absolute Gasteiger partial charge is 0.490 e. The van der Waals surface area contributed by atoms with E-state index in [4.69, 9.17) is 14.2 Å². The molecule has 12 nitrogen and oxygen atoms in total. The number of halogens is 2. The van der Waals surface area contributed by atoms with Crippen LogP contribution in [0.1, 0.15) is 41.5 Å². The number of pyridine rings is 2. The highest BCUT2D eigenvalue weighted by Crippen LogP contribution is 2.19. The fourth-order valence-electron chi connectivity index (χ4n) is 5.68. The van der Waals surface area contributed by atoms with Crippen LogP contribution in [-0.4, -0.2) is 113 Å². The Morgan fingerprint density at radius 3 is 1.70 bits per heavy atom. The summed E-state index contributed by atoms with van der Waals surface area (Å²) in [5.41, 5.74) is 0.760. The molecule has 0 bridgehead atoms. The molecule has 284 valence electrons. The minimum atomic E-state index is -0.574. The van der Waals surface area contributed by atoms with Crippen molar-refractivity contribution in [1.29, 1.82) is 0 Å². The summed E-state index contributed by atoms with van der Waals surface area (Å²) in [6.45, 7) is 9.62. The number of aromatic nitrogens is 2. The van der Waals surface area contributed by atoms with Gasteiger partial charge in [-0.05, 0) is 69.3 Å². The quantitative estimate of drug-likeness (QED) is 0.243. The zero-order chi connectivity index (χ0) is 36.1. The number of amides is 3. The molecule has 6 rings (SSSR count). The molecule has 2 atom stereocenters. The van der Waals surface area contributed by atoms with Crippen molar-refractivity contribution in [2.24, 2.45) is 0 Å². The van der Waals surface area contributed by atoms with Crippen molar-refractivity contribution in [2.45, 2.75) is 38.5 Å². The predicted molar refractivity (Wildman–Crippen MR) is 207 cm³/mol. The first-order valence-electron chi connectivity index (χ1n) is 17.1. The molecule has 2 aromatic carbocycles. The van der Waals surface area contributed by atoms with Gasteiger partial charge < -0.3 is 34.2 Å². The van der Waals surface area contributed by atoms with Crippen LogP contribution in [0.2, 0.25) is 0 Å². The molecule has 2 unspecified atom stereocenters. The van der Waals surface area contributed by atoms with Crippen LogP contribution >= 0.6 is 24.8 Å². The maximum atomic E-state index is 13.1. The number of piperazine rings is 2. The van der Waals surface area contributed by atoms with Gasteiger partial charge in [0.05, 0.1) is 24.5 Å². The van der Waals surface area contributed by atoms with Crippen molar-refractivity contribution in [3.8, 4) is 11.5 Å². The first-order chi connectivity index (χ1) is 24.7. The summed E-state index contributed by atoms with van der Waals surface area (Å²) in [4.78, 5) is 51.6. The van der Waals surface area contributed by atoms with Crippen molar-refractivity contribution in [2.75, 3.05) is 52.5 Å². The summed E-state index contributed by atoms with van der Waals surface area (Å²) >= 11 is 0. The summed E-state index contributed by atoms with van der Waals surface area (Å²) in [6, 6.07) is 25.5. The summed E-state index contributed by atoms with van der Waals surface area (Å²) in [6.07, 6.45) is 6.30. The smallest absolute Gasteiger partial charge is 0.410 e. The van der Waals surface area contributed by atoms with Gasteiger partial charge in [0.2, 0.25) is 0 Å². The molecule has 0 aliphatic carbocycles. The number of nitrogens with one attached hydrogen (secondary N) is 1. The standard InChI is InChI=1S/C22H27N3O4.C17H19N3O2.2ClH/c1-22(2,3)29-21(27)24-12-13-25(20(26)17-8-5-4-6-9-17)18(15-24)16-28-19-10-7-11-23-14-19;21-17(14-5-2-1-3-6-14)20-10-9-19-11-15(20)13-22-16-7-4-8-18-12-16;;/h4-11,14,18H,12-13,15-16H2,1-3H3;1-8,12,15,19H,9-11,13H2;2*1H. The Balaban J connectivity index is 0.000000284. The first-order valence-corrected chi connectivity index (χ1v) is 17.1. The third-order valence-corrected chi connectivity index (χ3v) is 8.20. The van der Waals surface area contributed by atoms with Crippen LogP contribution in [-0.2, 0) is 4.74 Å². The second-order valence-electron chi connectivity index (χ2n) is 13.2. The number of nitrogens with zero attached hydrogens (tertiary/aromatic N) is 5. The predicted octanol–water partition coefficient (Wildman–Crippen LogP) is 5.64. The second kappa shape index (κ2) is 21.0. The molecule has 2 aromatic heterocycles. The molecule has 0 spiro atoms. The molecule has 53 heavy (non-hydrogen) atoms. The molecule has 2 fully saturated rings. The third-order valence-electron chi connectivity index (χ3n) is 8.20. The van der Waals surface area contributed by atoms with Crippen LogP contribution in [0.5, 0.6) is 11.5 Å².